The molecular weight excluding hydrogens is 635 g/mol. The second-order valence-corrected chi connectivity index (χ2v) is 17.3. The van der Waals surface area contributed by atoms with Crippen molar-refractivity contribution in [1.29, 1.82) is 0 Å². The van der Waals surface area contributed by atoms with Gasteiger partial charge in [0.05, 0.1) is 0 Å². The van der Waals surface area contributed by atoms with E-state index in [9.17, 15) is 0 Å². The molecule has 1 nitrogen and oxygen atoms in total. The largest absolute Gasteiger partial charge is 0.310 e. The van der Waals surface area contributed by atoms with Gasteiger partial charge in [0.2, 0.25) is 0 Å². The molecular formula is C49H41NS. The lowest BCUT2D eigenvalue weighted by Crippen LogP contribution is -2.43. The predicted molar refractivity (Wildman–Crippen MR) is 221 cm³/mol. The maximum atomic E-state index is 2.48. The van der Waals surface area contributed by atoms with Gasteiger partial charge in [-0.3, -0.25) is 0 Å². The maximum absolute atomic E-state index is 2.48. The van der Waals surface area contributed by atoms with Crippen LogP contribution in [0.25, 0.3) is 53.2 Å². The minimum absolute atomic E-state index is 0.0210. The molecule has 51 heavy (non-hydrogen) atoms. The van der Waals surface area contributed by atoms with Crippen molar-refractivity contribution in [3.63, 3.8) is 0 Å². The molecule has 7 aromatic carbocycles. The molecule has 2 heteroatoms. The van der Waals surface area contributed by atoms with Gasteiger partial charge in [0.25, 0.3) is 0 Å². The summed E-state index contributed by atoms with van der Waals surface area (Å²) in [5.74, 6) is 0. The number of nitrogens with zero attached hydrogens (tertiary/aromatic N) is 1. The summed E-state index contributed by atoms with van der Waals surface area (Å²) in [6, 6.07) is 52.8. The average molecular weight is 676 g/mol. The molecule has 0 N–H and O–H groups in total. The molecule has 0 saturated heterocycles. The number of fused-ring (bicyclic) bond motifs is 11. The molecule has 1 aromatic heterocycles. The van der Waals surface area contributed by atoms with Gasteiger partial charge in [-0.1, -0.05) is 139 Å². The van der Waals surface area contributed by atoms with Crippen molar-refractivity contribution >= 4 is 59.3 Å². The highest BCUT2D eigenvalue weighted by atomic mass is 32.1. The van der Waals surface area contributed by atoms with Crippen LogP contribution in [0.1, 0.15) is 63.8 Å². The molecule has 8 aromatic rings. The first-order valence-electron chi connectivity index (χ1n) is 18.2. The van der Waals surface area contributed by atoms with Gasteiger partial charge in [-0.2, -0.15) is 0 Å². The smallest absolute Gasteiger partial charge is 0.0476 e. The van der Waals surface area contributed by atoms with Gasteiger partial charge in [-0.05, 0) is 109 Å². The predicted octanol–water partition coefficient (Wildman–Crippen LogP) is 14.2. The molecule has 2 aliphatic rings. The maximum Gasteiger partial charge on any atom is 0.0476 e. The van der Waals surface area contributed by atoms with Crippen molar-refractivity contribution < 1.29 is 0 Å². The third-order valence-electron chi connectivity index (χ3n) is 12.8. The fourth-order valence-electron chi connectivity index (χ4n) is 9.32. The third kappa shape index (κ3) is 4.14. The monoisotopic (exact) mass is 675 g/mol. The van der Waals surface area contributed by atoms with Gasteiger partial charge in [0.15, 0.2) is 0 Å². The quantitative estimate of drug-likeness (QED) is 0.180. The molecule has 0 bridgehead atoms. The third-order valence-corrected chi connectivity index (χ3v) is 13.9. The van der Waals surface area contributed by atoms with Crippen LogP contribution in [0.15, 0.2) is 140 Å². The van der Waals surface area contributed by atoms with Gasteiger partial charge in [-0.15, -0.1) is 11.3 Å². The number of benzene rings is 7. The summed E-state index contributed by atoms with van der Waals surface area (Å²) in [5, 5.41) is 5.23. The van der Waals surface area contributed by atoms with Crippen molar-refractivity contribution in [3.8, 4) is 22.3 Å². The van der Waals surface area contributed by atoms with Gasteiger partial charge in [0, 0.05) is 42.6 Å². The Balaban J connectivity index is 1.20. The molecule has 0 aliphatic heterocycles. The molecule has 0 saturated carbocycles. The van der Waals surface area contributed by atoms with E-state index in [2.05, 4.69) is 186 Å². The molecule has 0 radical (unpaired) electrons. The van der Waals surface area contributed by atoms with Crippen LogP contribution in [-0.2, 0) is 16.2 Å². The molecule has 0 atom stereocenters. The fraction of sp³-hybridized carbons (Fsp3) is 0.184. The molecule has 1 heterocycles. The molecule has 10 rings (SSSR count). The summed E-state index contributed by atoms with van der Waals surface area (Å²) in [6.07, 6.45) is 0. The van der Waals surface area contributed by atoms with Gasteiger partial charge < -0.3 is 4.90 Å². The first-order valence-corrected chi connectivity index (χ1v) is 19.0. The lowest BCUT2D eigenvalue weighted by atomic mass is 9.55. The van der Waals surface area contributed by atoms with E-state index in [0.29, 0.717) is 0 Å². The summed E-state index contributed by atoms with van der Waals surface area (Å²) in [7, 11) is 0. The van der Waals surface area contributed by atoms with Crippen molar-refractivity contribution in [3.05, 3.63) is 162 Å². The van der Waals surface area contributed by atoms with Crippen LogP contribution in [0, 0.1) is 0 Å². The number of hydrogen-bond donors (Lipinski definition) is 0. The van der Waals surface area contributed by atoms with Crippen molar-refractivity contribution in [2.24, 2.45) is 0 Å². The molecule has 0 fully saturated rings. The average Bonchev–Trinajstić information content (AvgIpc) is 3.62. The first kappa shape index (κ1) is 30.6. The fourth-order valence-corrected chi connectivity index (χ4v) is 10.5. The van der Waals surface area contributed by atoms with E-state index < -0.39 is 0 Å². The molecule has 0 unspecified atom stereocenters. The lowest BCUT2D eigenvalue weighted by molar-refractivity contribution is 0.299. The van der Waals surface area contributed by atoms with E-state index in [1.54, 1.807) is 0 Å². The summed E-state index contributed by atoms with van der Waals surface area (Å²) in [4.78, 5) is 2.48. The van der Waals surface area contributed by atoms with Gasteiger partial charge in [0.1, 0.15) is 0 Å². The van der Waals surface area contributed by atoms with E-state index in [4.69, 9.17) is 0 Å². The molecule has 2 aliphatic carbocycles. The zero-order valence-electron chi connectivity index (χ0n) is 30.1. The SMILES string of the molecule is CC1(C)c2ccccc2-c2c1ccc1cc(N(c3ccc4c(c3)C(C)(C)C(C)(C)c3ccccc3-4)c3ccc4c(c3)sc3ccccc34)ccc21. The van der Waals surface area contributed by atoms with Crippen LogP contribution in [0.3, 0.4) is 0 Å². The number of hydrogen-bond acceptors (Lipinski definition) is 2. The van der Waals surface area contributed by atoms with Crippen molar-refractivity contribution in [1.82, 2.24) is 0 Å². The van der Waals surface area contributed by atoms with Crippen LogP contribution < -0.4 is 4.90 Å². The highest BCUT2D eigenvalue weighted by Crippen LogP contribution is 2.56. The number of anilines is 3. The summed E-state index contributed by atoms with van der Waals surface area (Å²) >= 11 is 1.88. The van der Waals surface area contributed by atoms with Crippen molar-refractivity contribution in [2.45, 2.75) is 57.8 Å². The molecule has 248 valence electrons. The van der Waals surface area contributed by atoms with Crippen molar-refractivity contribution in [2.75, 3.05) is 4.90 Å². The summed E-state index contributed by atoms with van der Waals surface area (Å²) < 4.78 is 2.64. The van der Waals surface area contributed by atoms with E-state index >= 15 is 0 Å². The first-order chi connectivity index (χ1) is 24.6. The Morgan fingerprint density at radius 3 is 1.82 bits per heavy atom. The van der Waals surface area contributed by atoms with Crippen LogP contribution in [0.5, 0.6) is 0 Å². The topological polar surface area (TPSA) is 3.24 Å². The van der Waals surface area contributed by atoms with E-state index in [0.717, 1.165) is 0 Å². The highest BCUT2D eigenvalue weighted by Gasteiger charge is 2.46. The zero-order valence-corrected chi connectivity index (χ0v) is 31.0. The van der Waals surface area contributed by atoms with Crippen LogP contribution in [0.4, 0.5) is 17.1 Å². The van der Waals surface area contributed by atoms with E-state index in [1.165, 1.54) is 92.5 Å². The van der Waals surface area contributed by atoms with Crippen LogP contribution >= 0.6 is 11.3 Å². The minimum Gasteiger partial charge on any atom is -0.310 e. The zero-order chi connectivity index (χ0) is 34.9. The Bertz CT molecular complexity index is 2740. The van der Waals surface area contributed by atoms with Gasteiger partial charge in [-0.25, -0.2) is 0 Å². The minimum atomic E-state index is -0.0854. The second kappa shape index (κ2) is 10.4. The Morgan fingerprint density at radius 2 is 1.00 bits per heavy atom. The highest BCUT2D eigenvalue weighted by molar-refractivity contribution is 7.25. The van der Waals surface area contributed by atoms with Gasteiger partial charge >= 0.3 is 0 Å². The second-order valence-electron chi connectivity index (χ2n) is 16.2. The Hall–Kier alpha value is -5.18. The van der Waals surface area contributed by atoms with E-state index in [1.807, 2.05) is 11.3 Å². The lowest BCUT2D eigenvalue weighted by Gasteiger charge is -2.48. The van der Waals surface area contributed by atoms with E-state index in [-0.39, 0.29) is 16.2 Å². The summed E-state index contributed by atoms with van der Waals surface area (Å²) in [5.41, 5.74) is 14.5. The van der Waals surface area contributed by atoms with Crippen LogP contribution in [0.2, 0.25) is 0 Å². The number of rotatable bonds is 3. The standard InChI is InChI=1S/C49H41NS/c1-47(2)40-16-10-8-15-39(40)46-34-23-20-31(27-30(34)19-26-42(46)47)50(33-22-25-38-37-14-9-12-18-44(37)51-45(38)29-33)32-21-24-36-35-13-7-11-17-41(35)48(3,4)49(5,6)43(36)28-32/h7-29H,1-6H3. The summed E-state index contributed by atoms with van der Waals surface area (Å²) in [6.45, 7) is 14.4. The molecule has 0 amide bonds. The Morgan fingerprint density at radius 1 is 0.412 bits per heavy atom. The van der Waals surface area contributed by atoms with Crippen LogP contribution in [-0.4, -0.2) is 0 Å². The Kier molecular flexibility index (Phi) is 6.27. The molecule has 0 spiro atoms. The normalized spacial score (nSPS) is 16.1. The Labute approximate surface area is 304 Å². The number of thiophene rings is 1.